The van der Waals surface area contributed by atoms with Crippen molar-refractivity contribution >= 4 is 29.1 Å². The van der Waals surface area contributed by atoms with Crippen LogP contribution in [0, 0.1) is 6.92 Å². The van der Waals surface area contributed by atoms with Crippen molar-refractivity contribution in [2.45, 2.75) is 13.5 Å². The third-order valence-corrected chi connectivity index (χ3v) is 4.36. The molecule has 2 N–H and O–H groups in total. The Morgan fingerprint density at radius 1 is 1.11 bits per heavy atom. The molecule has 6 nitrogen and oxygen atoms in total. The van der Waals surface area contributed by atoms with Crippen LogP contribution in [-0.2, 0) is 6.54 Å². The minimum absolute atomic E-state index is 0.295. The predicted octanol–water partition coefficient (Wildman–Crippen LogP) is 4.31. The molecule has 0 radical (unpaired) electrons. The van der Waals surface area contributed by atoms with E-state index in [-0.39, 0.29) is 5.91 Å². The van der Waals surface area contributed by atoms with E-state index in [1.54, 1.807) is 19.2 Å². The average Bonchev–Trinajstić information content (AvgIpc) is 2.70. The zero-order chi connectivity index (χ0) is 19.2. The van der Waals surface area contributed by atoms with E-state index in [9.17, 15) is 4.79 Å². The normalized spacial score (nSPS) is 10.3. The maximum atomic E-state index is 12.3. The van der Waals surface area contributed by atoms with Crippen LogP contribution in [0.25, 0.3) is 0 Å². The fourth-order valence-electron chi connectivity index (χ4n) is 2.33. The van der Waals surface area contributed by atoms with Crippen LogP contribution in [0.2, 0.25) is 5.02 Å². The molecule has 3 rings (SSSR count). The zero-order valence-electron chi connectivity index (χ0n) is 15.0. The van der Waals surface area contributed by atoms with Gasteiger partial charge in [-0.15, -0.1) is 0 Å². The number of anilines is 2. The van der Waals surface area contributed by atoms with Crippen LogP contribution in [0.5, 0.6) is 5.75 Å². The predicted molar refractivity (Wildman–Crippen MR) is 106 cm³/mol. The molecule has 1 amide bonds. The summed E-state index contributed by atoms with van der Waals surface area (Å²) in [5, 5.41) is 6.49. The number of nitrogens with one attached hydrogen (secondary N) is 2. The molecule has 0 bridgehead atoms. The number of hydrogen-bond acceptors (Lipinski definition) is 5. The van der Waals surface area contributed by atoms with Crippen LogP contribution >= 0.6 is 11.6 Å². The highest BCUT2D eigenvalue weighted by Crippen LogP contribution is 2.20. The zero-order valence-corrected chi connectivity index (χ0v) is 15.7. The minimum atomic E-state index is -0.295. The van der Waals surface area contributed by atoms with Gasteiger partial charge in [0.2, 0.25) is 5.95 Å². The molecule has 1 aromatic heterocycles. The molecule has 7 heteroatoms. The lowest BCUT2D eigenvalue weighted by molar-refractivity contribution is 0.102. The highest BCUT2D eigenvalue weighted by molar-refractivity contribution is 6.31. The van der Waals surface area contributed by atoms with Gasteiger partial charge in [-0.3, -0.25) is 4.79 Å². The maximum Gasteiger partial charge on any atom is 0.258 e. The third-order valence-electron chi connectivity index (χ3n) is 3.95. The lowest BCUT2D eigenvalue weighted by atomic mass is 10.2. The molecular weight excluding hydrogens is 364 g/mol. The van der Waals surface area contributed by atoms with Gasteiger partial charge >= 0.3 is 0 Å². The smallest absolute Gasteiger partial charge is 0.258 e. The summed E-state index contributed by atoms with van der Waals surface area (Å²) in [4.78, 5) is 20.7. The molecule has 27 heavy (non-hydrogen) atoms. The molecule has 0 aliphatic carbocycles. The van der Waals surface area contributed by atoms with Gasteiger partial charge in [-0.2, -0.15) is 0 Å². The topological polar surface area (TPSA) is 76.1 Å². The molecule has 0 aliphatic heterocycles. The number of benzene rings is 2. The summed E-state index contributed by atoms with van der Waals surface area (Å²) in [6, 6.07) is 13.1. The number of nitrogens with zero attached hydrogens (tertiary/aromatic N) is 2. The second kappa shape index (κ2) is 8.51. The molecule has 0 fully saturated rings. The van der Waals surface area contributed by atoms with E-state index in [1.165, 1.54) is 12.4 Å². The van der Waals surface area contributed by atoms with E-state index in [1.807, 2.05) is 37.3 Å². The van der Waals surface area contributed by atoms with Crippen LogP contribution in [-0.4, -0.2) is 23.0 Å². The fourth-order valence-corrected chi connectivity index (χ4v) is 2.52. The molecule has 0 aliphatic rings. The molecule has 138 valence electrons. The number of carbonyl (C=O) groups excluding carboxylic acids is 1. The van der Waals surface area contributed by atoms with Crippen molar-refractivity contribution in [2.24, 2.45) is 0 Å². The highest BCUT2D eigenvalue weighted by atomic mass is 35.5. The Kier molecular flexibility index (Phi) is 5.88. The van der Waals surface area contributed by atoms with Gasteiger partial charge in [-0.1, -0.05) is 29.8 Å². The van der Waals surface area contributed by atoms with Crippen LogP contribution in [0.3, 0.4) is 0 Å². The number of amides is 1. The number of ether oxygens (including phenoxy) is 1. The Morgan fingerprint density at radius 2 is 1.81 bits per heavy atom. The molecule has 0 saturated heterocycles. The summed E-state index contributed by atoms with van der Waals surface area (Å²) in [5.41, 5.74) is 3.00. The maximum absolute atomic E-state index is 12.3. The van der Waals surface area contributed by atoms with Gasteiger partial charge in [0.1, 0.15) is 5.75 Å². The van der Waals surface area contributed by atoms with Gasteiger partial charge < -0.3 is 15.4 Å². The second-order valence-corrected chi connectivity index (χ2v) is 6.32. The molecule has 2 aromatic carbocycles. The van der Waals surface area contributed by atoms with Gasteiger partial charge in [0.05, 0.1) is 12.7 Å². The molecule has 0 atom stereocenters. The highest BCUT2D eigenvalue weighted by Gasteiger charge is 2.09. The number of halogens is 1. The van der Waals surface area contributed by atoms with Crippen molar-refractivity contribution in [3.05, 3.63) is 76.6 Å². The Bertz CT molecular complexity index is 928. The second-order valence-electron chi connectivity index (χ2n) is 5.92. The SMILES string of the molecule is COc1ccc(CNc2ncc(C(=O)Nc3ccc(C)c(Cl)c3)cn2)cc1. The van der Waals surface area contributed by atoms with Crippen molar-refractivity contribution < 1.29 is 9.53 Å². The number of methoxy groups -OCH3 is 1. The van der Waals surface area contributed by atoms with Crippen LogP contribution < -0.4 is 15.4 Å². The van der Waals surface area contributed by atoms with Gasteiger partial charge in [0.15, 0.2) is 0 Å². The van der Waals surface area contributed by atoms with Crippen molar-refractivity contribution in [3.63, 3.8) is 0 Å². The van der Waals surface area contributed by atoms with Gasteiger partial charge in [0.25, 0.3) is 5.91 Å². The van der Waals surface area contributed by atoms with E-state index < -0.39 is 0 Å². The van der Waals surface area contributed by atoms with E-state index in [0.717, 1.165) is 16.9 Å². The Morgan fingerprint density at radius 3 is 2.44 bits per heavy atom. The van der Waals surface area contributed by atoms with Crippen molar-refractivity contribution in [2.75, 3.05) is 17.7 Å². The van der Waals surface area contributed by atoms with Gasteiger partial charge in [0, 0.05) is 29.6 Å². The first-order valence-corrected chi connectivity index (χ1v) is 8.69. The lowest BCUT2D eigenvalue weighted by Crippen LogP contribution is -2.13. The van der Waals surface area contributed by atoms with E-state index in [0.29, 0.717) is 28.8 Å². The molecule has 1 heterocycles. The molecule has 0 unspecified atom stereocenters. The third kappa shape index (κ3) is 4.95. The first-order valence-electron chi connectivity index (χ1n) is 8.31. The summed E-state index contributed by atoms with van der Waals surface area (Å²) in [6.45, 7) is 2.47. The van der Waals surface area contributed by atoms with E-state index in [2.05, 4.69) is 20.6 Å². The quantitative estimate of drug-likeness (QED) is 0.664. The van der Waals surface area contributed by atoms with Crippen molar-refractivity contribution in [1.82, 2.24) is 9.97 Å². The average molecular weight is 383 g/mol. The van der Waals surface area contributed by atoms with Crippen LogP contribution in [0.4, 0.5) is 11.6 Å². The first kappa shape index (κ1) is 18.7. The monoisotopic (exact) mass is 382 g/mol. The summed E-state index contributed by atoms with van der Waals surface area (Å²) >= 11 is 6.08. The number of aryl methyl sites for hydroxylation is 1. The van der Waals surface area contributed by atoms with Gasteiger partial charge in [-0.05, 0) is 42.3 Å². The standard InChI is InChI=1S/C20H19ClN4O2/c1-13-3-6-16(9-18(13)21)25-19(26)15-11-23-20(24-12-15)22-10-14-4-7-17(27-2)8-5-14/h3-9,11-12H,10H2,1-2H3,(H,25,26)(H,22,23,24). The molecule has 3 aromatic rings. The Labute approximate surface area is 162 Å². The molecule has 0 spiro atoms. The van der Waals surface area contributed by atoms with E-state index in [4.69, 9.17) is 16.3 Å². The fraction of sp³-hybridized carbons (Fsp3) is 0.150. The summed E-state index contributed by atoms with van der Waals surface area (Å²) in [6.07, 6.45) is 2.96. The number of hydrogen-bond donors (Lipinski definition) is 2. The Hall–Kier alpha value is -3.12. The number of rotatable bonds is 6. The lowest BCUT2D eigenvalue weighted by Gasteiger charge is -2.08. The van der Waals surface area contributed by atoms with Gasteiger partial charge in [-0.25, -0.2) is 9.97 Å². The summed E-state index contributed by atoms with van der Waals surface area (Å²) in [7, 11) is 1.63. The van der Waals surface area contributed by atoms with E-state index >= 15 is 0 Å². The molecular formula is C20H19ClN4O2. The summed E-state index contributed by atoms with van der Waals surface area (Å²) in [5.74, 6) is 0.956. The van der Waals surface area contributed by atoms with Crippen molar-refractivity contribution in [1.29, 1.82) is 0 Å². The largest absolute Gasteiger partial charge is 0.497 e. The Balaban J connectivity index is 1.58. The number of carbonyl (C=O) groups is 1. The summed E-state index contributed by atoms with van der Waals surface area (Å²) < 4.78 is 5.13. The van der Waals surface area contributed by atoms with Crippen LogP contribution in [0.1, 0.15) is 21.5 Å². The number of aromatic nitrogens is 2. The minimum Gasteiger partial charge on any atom is -0.497 e. The molecule has 0 saturated carbocycles. The van der Waals surface area contributed by atoms with Crippen LogP contribution in [0.15, 0.2) is 54.9 Å². The van der Waals surface area contributed by atoms with Crippen molar-refractivity contribution in [3.8, 4) is 5.75 Å². The first-order chi connectivity index (χ1) is 13.0.